The standard InChI is InChI=1S/C19H23N5O3.C2HF3O2/c25-17(16-12-20-14-27-16)21-8-11-23-9-6-19(7-10-23)18(26)22-13-24(19)15-4-2-1-3-5-15;3-2(4,5)1(6)7/h1-5,12,14H,6-11,13H2,(H,21,25)(H,22,26);(H,6,7). The molecule has 2 fully saturated rings. The number of amides is 2. The van der Waals surface area contributed by atoms with Crippen LogP contribution in [0.25, 0.3) is 0 Å². The third-order valence-electron chi connectivity index (χ3n) is 5.70. The molecule has 13 heteroatoms. The smallest absolute Gasteiger partial charge is 0.475 e. The second kappa shape index (κ2) is 10.5. The van der Waals surface area contributed by atoms with Gasteiger partial charge in [0.15, 0.2) is 6.39 Å². The van der Waals surface area contributed by atoms with Gasteiger partial charge in [-0.15, -0.1) is 0 Å². The lowest BCUT2D eigenvalue weighted by atomic mass is 9.85. The van der Waals surface area contributed by atoms with Crippen LogP contribution >= 0.6 is 0 Å². The number of hydrogen-bond donors (Lipinski definition) is 3. The normalized spacial score (nSPS) is 17.6. The molecule has 10 nitrogen and oxygen atoms in total. The highest BCUT2D eigenvalue weighted by molar-refractivity contribution is 5.93. The number of nitrogens with one attached hydrogen (secondary N) is 2. The third kappa shape index (κ3) is 5.84. The van der Waals surface area contributed by atoms with Crippen LogP contribution < -0.4 is 15.5 Å². The highest BCUT2D eigenvalue weighted by Gasteiger charge is 2.50. The van der Waals surface area contributed by atoms with Crippen molar-refractivity contribution in [2.75, 3.05) is 37.7 Å². The van der Waals surface area contributed by atoms with Crippen molar-refractivity contribution >= 4 is 23.5 Å². The Labute approximate surface area is 192 Å². The van der Waals surface area contributed by atoms with Gasteiger partial charge in [-0.1, -0.05) is 18.2 Å². The van der Waals surface area contributed by atoms with Crippen molar-refractivity contribution < 1.29 is 37.1 Å². The van der Waals surface area contributed by atoms with E-state index in [0.717, 1.165) is 38.2 Å². The van der Waals surface area contributed by atoms with E-state index in [0.29, 0.717) is 13.2 Å². The Hall–Kier alpha value is -3.61. The van der Waals surface area contributed by atoms with Crippen molar-refractivity contribution in [3.05, 3.63) is 48.7 Å². The summed E-state index contributed by atoms with van der Waals surface area (Å²) in [6, 6.07) is 10.1. The van der Waals surface area contributed by atoms with E-state index in [1.54, 1.807) is 0 Å². The minimum absolute atomic E-state index is 0.115. The summed E-state index contributed by atoms with van der Waals surface area (Å²) in [5.41, 5.74) is 0.602. The largest absolute Gasteiger partial charge is 0.490 e. The van der Waals surface area contributed by atoms with Crippen molar-refractivity contribution in [3.8, 4) is 0 Å². The average molecular weight is 483 g/mol. The van der Waals surface area contributed by atoms with Gasteiger partial charge in [-0.2, -0.15) is 13.2 Å². The van der Waals surface area contributed by atoms with Crippen LogP contribution in [0.5, 0.6) is 0 Å². The van der Waals surface area contributed by atoms with Crippen molar-refractivity contribution in [2.45, 2.75) is 24.6 Å². The molecule has 0 atom stereocenters. The Morgan fingerprint density at radius 2 is 1.85 bits per heavy atom. The number of alkyl halides is 3. The molecule has 3 N–H and O–H groups in total. The number of oxazole rings is 1. The molecule has 34 heavy (non-hydrogen) atoms. The first-order chi connectivity index (χ1) is 16.1. The number of piperidine rings is 1. The topological polar surface area (TPSA) is 128 Å². The number of anilines is 1. The molecule has 2 saturated heterocycles. The van der Waals surface area contributed by atoms with Gasteiger partial charge in [0.2, 0.25) is 11.7 Å². The van der Waals surface area contributed by atoms with Gasteiger partial charge in [-0.05, 0) is 25.0 Å². The van der Waals surface area contributed by atoms with Crippen LogP contribution in [-0.2, 0) is 9.59 Å². The molecule has 0 bridgehead atoms. The molecule has 0 unspecified atom stereocenters. The summed E-state index contributed by atoms with van der Waals surface area (Å²) in [6.07, 6.45) is -0.908. The molecule has 2 amide bonds. The van der Waals surface area contributed by atoms with Crippen LogP contribution in [-0.4, -0.2) is 77.3 Å². The zero-order valence-corrected chi connectivity index (χ0v) is 18.0. The maximum atomic E-state index is 12.6. The minimum atomic E-state index is -5.08. The van der Waals surface area contributed by atoms with Gasteiger partial charge in [0, 0.05) is 31.9 Å². The number of carbonyl (C=O) groups excluding carboxylic acids is 2. The van der Waals surface area contributed by atoms with Gasteiger partial charge in [-0.25, -0.2) is 9.78 Å². The van der Waals surface area contributed by atoms with E-state index >= 15 is 0 Å². The van der Waals surface area contributed by atoms with E-state index in [-0.39, 0.29) is 17.6 Å². The molecule has 0 saturated carbocycles. The quantitative estimate of drug-likeness (QED) is 0.584. The maximum absolute atomic E-state index is 12.6. The van der Waals surface area contributed by atoms with E-state index in [2.05, 4.69) is 25.4 Å². The van der Waals surface area contributed by atoms with Gasteiger partial charge in [-0.3, -0.25) is 9.59 Å². The predicted molar refractivity (Wildman–Crippen MR) is 113 cm³/mol. The molecule has 0 radical (unpaired) electrons. The maximum Gasteiger partial charge on any atom is 0.490 e. The summed E-state index contributed by atoms with van der Waals surface area (Å²) in [4.78, 5) is 41.6. The van der Waals surface area contributed by atoms with Crippen LogP contribution in [0.15, 0.2) is 47.3 Å². The summed E-state index contributed by atoms with van der Waals surface area (Å²) < 4.78 is 36.7. The van der Waals surface area contributed by atoms with Crippen molar-refractivity contribution in [1.29, 1.82) is 0 Å². The summed E-state index contributed by atoms with van der Waals surface area (Å²) in [5, 5.41) is 13.0. The van der Waals surface area contributed by atoms with Crippen LogP contribution in [0.2, 0.25) is 0 Å². The van der Waals surface area contributed by atoms with Gasteiger partial charge in [0.25, 0.3) is 5.91 Å². The number of halogens is 3. The molecule has 1 aromatic carbocycles. The number of hydrogen-bond acceptors (Lipinski definition) is 7. The zero-order chi connectivity index (χ0) is 24.8. The molecular formula is C21H24F3N5O5. The molecule has 1 spiro atoms. The average Bonchev–Trinajstić information content (AvgIpc) is 3.45. The van der Waals surface area contributed by atoms with Crippen LogP contribution in [0.1, 0.15) is 23.4 Å². The van der Waals surface area contributed by atoms with Gasteiger partial charge < -0.3 is 30.0 Å². The highest BCUT2D eigenvalue weighted by atomic mass is 19.4. The number of carboxylic acids is 1. The van der Waals surface area contributed by atoms with E-state index in [1.165, 1.54) is 12.6 Å². The number of carbonyl (C=O) groups is 3. The molecule has 3 heterocycles. The SMILES string of the molecule is O=C(NCCN1CCC2(CC1)C(=O)NCN2c1ccccc1)c1cnco1.O=C(O)C(F)(F)F. The van der Waals surface area contributed by atoms with Crippen molar-refractivity contribution in [3.63, 3.8) is 0 Å². The fraction of sp³-hybridized carbons (Fsp3) is 0.429. The lowest BCUT2D eigenvalue weighted by Crippen LogP contribution is -2.57. The zero-order valence-electron chi connectivity index (χ0n) is 18.0. The summed E-state index contributed by atoms with van der Waals surface area (Å²) >= 11 is 0. The van der Waals surface area contributed by atoms with E-state index in [1.807, 2.05) is 30.3 Å². The summed E-state index contributed by atoms with van der Waals surface area (Å²) in [7, 11) is 0. The third-order valence-corrected chi connectivity index (χ3v) is 5.70. The molecule has 1 aromatic heterocycles. The first-order valence-corrected chi connectivity index (χ1v) is 10.4. The molecule has 2 aliphatic heterocycles. The molecule has 2 aliphatic rings. The van der Waals surface area contributed by atoms with Crippen LogP contribution in [0.3, 0.4) is 0 Å². The lowest BCUT2D eigenvalue weighted by Gasteiger charge is -2.43. The number of aromatic nitrogens is 1. The first-order valence-electron chi connectivity index (χ1n) is 10.4. The molecule has 184 valence electrons. The Morgan fingerprint density at radius 1 is 1.21 bits per heavy atom. The van der Waals surface area contributed by atoms with Gasteiger partial charge in [0.05, 0.1) is 12.9 Å². The predicted octanol–water partition coefficient (Wildman–Crippen LogP) is 1.47. The molecule has 2 aromatic rings. The highest BCUT2D eigenvalue weighted by Crippen LogP contribution is 2.35. The van der Waals surface area contributed by atoms with Gasteiger partial charge >= 0.3 is 12.1 Å². The van der Waals surface area contributed by atoms with E-state index in [9.17, 15) is 22.8 Å². The molecule has 0 aliphatic carbocycles. The fourth-order valence-corrected chi connectivity index (χ4v) is 3.92. The number of carboxylic acid groups (broad SMARTS) is 1. The van der Waals surface area contributed by atoms with Gasteiger partial charge in [0.1, 0.15) is 5.54 Å². The number of para-hydroxylation sites is 1. The summed E-state index contributed by atoms with van der Waals surface area (Å²) in [6.45, 7) is 3.45. The summed E-state index contributed by atoms with van der Waals surface area (Å²) in [5.74, 6) is -2.68. The second-order valence-electron chi connectivity index (χ2n) is 7.73. The molecular weight excluding hydrogens is 459 g/mol. The van der Waals surface area contributed by atoms with E-state index < -0.39 is 17.7 Å². The Morgan fingerprint density at radius 3 is 2.41 bits per heavy atom. The van der Waals surface area contributed by atoms with E-state index in [4.69, 9.17) is 14.3 Å². The Kier molecular flexibility index (Phi) is 7.76. The number of rotatable bonds is 5. The van der Waals surface area contributed by atoms with Crippen molar-refractivity contribution in [1.82, 2.24) is 20.5 Å². The second-order valence-corrected chi connectivity index (χ2v) is 7.73. The Balaban J connectivity index is 0.000000406. The Bertz CT molecular complexity index is 976. The number of likely N-dealkylation sites (tertiary alicyclic amines) is 1. The monoisotopic (exact) mass is 483 g/mol. The minimum Gasteiger partial charge on any atom is -0.475 e. The number of aliphatic carboxylic acids is 1. The first kappa shape index (κ1) is 25.0. The van der Waals surface area contributed by atoms with Crippen LogP contribution in [0, 0.1) is 0 Å². The van der Waals surface area contributed by atoms with Crippen molar-refractivity contribution in [2.24, 2.45) is 0 Å². The lowest BCUT2D eigenvalue weighted by molar-refractivity contribution is -0.192. The number of benzene rings is 1. The van der Waals surface area contributed by atoms with Crippen LogP contribution in [0.4, 0.5) is 18.9 Å². The fourth-order valence-electron chi connectivity index (χ4n) is 3.92. The number of nitrogens with zero attached hydrogens (tertiary/aromatic N) is 3. The molecule has 4 rings (SSSR count).